The fraction of sp³-hybridized carbons (Fsp3) is 0. The van der Waals surface area contributed by atoms with E-state index in [0.717, 1.165) is 149 Å². The average molecular weight is 1120 g/mol. The largest absolute Gasteiger partial charge is 0.455 e. The van der Waals surface area contributed by atoms with Crippen LogP contribution < -0.4 is 0 Å². The summed E-state index contributed by atoms with van der Waals surface area (Å²) in [5.74, 6) is 1.26. The normalized spacial score (nSPS) is 11.6. The quantitative estimate of drug-likeness (QED) is 0.140. The zero-order chi connectivity index (χ0) is 58.6. The van der Waals surface area contributed by atoms with E-state index in [1.165, 1.54) is 0 Å². The molecule has 406 valence electrons. The molecule has 0 aliphatic rings. The number of aromatic nitrogens is 5. The Bertz CT molecular complexity index is 5610. The van der Waals surface area contributed by atoms with E-state index in [2.05, 4.69) is 152 Å². The molecule has 10 heteroatoms. The van der Waals surface area contributed by atoms with E-state index in [9.17, 15) is 5.26 Å². The average Bonchev–Trinajstić information content (AvgIpc) is 1.79. The van der Waals surface area contributed by atoms with Crippen molar-refractivity contribution in [1.29, 1.82) is 5.26 Å². The first kappa shape index (κ1) is 49.9. The summed E-state index contributed by atoms with van der Waals surface area (Å²) < 4.78 is 18.2. The van der Waals surface area contributed by atoms with Crippen LogP contribution in [-0.4, -0.2) is 24.1 Å². The van der Waals surface area contributed by atoms with Crippen molar-refractivity contribution in [2.24, 2.45) is 0 Å². The highest BCUT2D eigenvalue weighted by Crippen LogP contribution is 2.46. The number of rotatable bonds is 8. The van der Waals surface area contributed by atoms with Gasteiger partial charge >= 0.3 is 0 Å². The van der Waals surface area contributed by atoms with Gasteiger partial charge < -0.3 is 18.0 Å². The van der Waals surface area contributed by atoms with E-state index in [1.807, 2.05) is 127 Å². The molecule has 0 saturated heterocycles. The van der Waals surface area contributed by atoms with Crippen molar-refractivity contribution in [1.82, 2.24) is 24.1 Å². The fourth-order valence-electron chi connectivity index (χ4n) is 13.0. The number of nitriles is 1. The molecule has 5 aromatic heterocycles. The molecule has 0 bridgehead atoms. The van der Waals surface area contributed by atoms with Crippen molar-refractivity contribution < 1.29 is 8.83 Å². The molecular formula is C78H42N8O2. The lowest BCUT2D eigenvalue weighted by Gasteiger charge is -2.18. The Balaban J connectivity index is 0.972. The van der Waals surface area contributed by atoms with Gasteiger partial charge in [-0.15, -0.1) is 0 Å². The molecule has 0 fully saturated rings. The third kappa shape index (κ3) is 7.76. The predicted octanol–water partition coefficient (Wildman–Crippen LogP) is 20.8. The molecule has 0 aliphatic carbocycles. The maximum atomic E-state index is 9.86. The van der Waals surface area contributed by atoms with Gasteiger partial charge in [0, 0.05) is 49.0 Å². The van der Waals surface area contributed by atoms with Crippen molar-refractivity contribution in [2.45, 2.75) is 0 Å². The van der Waals surface area contributed by atoms with Gasteiger partial charge in [0.2, 0.25) is 0 Å². The Morgan fingerprint density at radius 1 is 0.352 bits per heavy atom. The van der Waals surface area contributed by atoms with Gasteiger partial charge in [-0.25, -0.2) is 24.6 Å². The molecule has 0 spiro atoms. The zero-order valence-electron chi connectivity index (χ0n) is 46.6. The van der Waals surface area contributed by atoms with Crippen LogP contribution in [-0.2, 0) is 0 Å². The van der Waals surface area contributed by atoms with Gasteiger partial charge in [0.15, 0.2) is 28.8 Å². The van der Waals surface area contributed by atoms with Crippen LogP contribution in [0.2, 0.25) is 0 Å². The van der Waals surface area contributed by atoms with E-state index in [0.29, 0.717) is 34.4 Å². The van der Waals surface area contributed by atoms with Crippen LogP contribution in [0.3, 0.4) is 0 Å². The van der Waals surface area contributed by atoms with Crippen LogP contribution in [0.15, 0.2) is 264 Å². The van der Waals surface area contributed by atoms with E-state index in [-0.39, 0.29) is 0 Å². The first-order valence-electron chi connectivity index (χ1n) is 28.8. The number of fused-ring (bicyclic) bond motifs is 14. The van der Waals surface area contributed by atoms with Crippen molar-refractivity contribution in [3.05, 3.63) is 283 Å². The van der Waals surface area contributed by atoms with Crippen molar-refractivity contribution >= 4 is 98.9 Å². The molecular weight excluding hydrogens is 1080 g/mol. The highest BCUT2D eigenvalue weighted by atomic mass is 16.3. The molecule has 0 saturated carbocycles. The van der Waals surface area contributed by atoms with E-state index in [1.54, 1.807) is 0 Å². The SMILES string of the molecule is [C-]#[N+]c1ccc(-c2ccc(-c3nc(-c4cccc(-c5ccccc5[N+]#[C-])c4)nc(-c4ccc(-c5ccc(C#N)cc5)cc4-n4c5ccccc5c5c6oc7ccccc7c6ccc54)n3)c(-n3c4ccccc4c4c5oc6ccccc6c5ccc43)c2)cc1. The number of hydrogen-bond donors (Lipinski definition) is 0. The summed E-state index contributed by atoms with van der Waals surface area (Å²) in [6.07, 6.45) is 0. The second-order valence-electron chi connectivity index (χ2n) is 21.9. The molecule has 0 atom stereocenters. The topological polar surface area (TPSA) is 107 Å². The Kier molecular flexibility index (Phi) is 11.2. The standard InChI is InChI=1S/C78H42N8O2/c1-80-53-34-30-48(31-35-53)50-33-37-62(69(44-50)86-65-23-10-5-20-60(65)73-67(86)41-39-58-56-18-7-12-25-71(56)88-75(58)73)78-83-76(52-15-13-14-51(42-52)54-16-3-8-21-63(54)81-2)82-77(84-78)61-36-32-49(47-28-26-46(45-79)27-29-47)43-68(61)85-64-22-9-4-19-59(64)72-66(85)40-38-57-55-17-6-11-24-70(55)87-74(57)72/h3-44H. The Morgan fingerprint density at radius 2 is 0.830 bits per heavy atom. The number of para-hydroxylation sites is 5. The molecule has 5 heterocycles. The Labute approximate surface area is 502 Å². The summed E-state index contributed by atoms with van der Waals surface area (Å²) in [6, 6.07) is 88.0. The van der Waals surface area contributed by atoms with E-state index >= 15 is 0 Å². The van der Waals surface area contributed by atoms with E-state index < -0.39 is 0 Å². The third-order valence-corrected chi connectivity index (χ3v) is 17.1. The van der Waals surface area contributed by atoms with Crippen molar-refractivity contribution in [2.75, 3.05) is 0 Å². The van der Waals surface area contributed by atoms with Gasteiger partial charge in [-0.05, 0) is 124 Å². The molecule has 88 heavy (non-hydrogen) atoms. The summed E-state index contributed by atoms with van der Waals surface area (Å²) in [5, 5.41) is 18.0. The third-order valence-electron chi connectivity index (χ3n) is 17.1. The molecule has 0 N–H and O–H groups in total. The minimum absolute atomic E-state index is 0.417. The van der Waals surface area contributed by atoms with Crippen LogP contribution in [0.4, 0.5) is 11.4 Å². The number of hydrogen-bond acceptors (Lipinski definition) is 6. The first-order chi connectivity index (χ1) is 43.5. The maximum Gasteiger partial charge on any atom is 0.194 e. The summed E-state index contributed by atoms with van der Waals surface area (Å²) in [6.45, 7) is 15.9. The van der Waals surface area contributed by atoms with Crippen molar-refractivity contribution in [3.8, 4) is 85.0 Å². The number of benzene rings is 12. The second kappa shape index (κ2) is 19.7. The monoisotopic (exact) mass is 1120 g/mol. The molecule has 12 aromatic carbocycles. The van der Waals surface area contributed by atoms with Gasteiger partial charge in [-0.3, -0.25) is 0 Å². The lowest BCUT2D eigenvalue weighted by atomic mass is 9.99. The van der Waals surface area contributed by atoms with Gasteiger partial charge in [0.25, 0.3) is 0 Å². The lowest BCUT2D eigenvalue weighted by Crippen LogP contribution is -2.06. The highest BCUT2D eigenvalue weighted by Gasteiger charge is 2.26. The van der Waals surface area contributed by atoms with Gasteiger partial charge in [0.05, 0.1) is 69.0 Å². The molecule has 0 aliphatic heterocycles. The Hall–Kier alpha value is -12.7. The summed E-state index contributed by atoms with van der Waals surface area (Å²) in [5.41, 5.74) is 17.8. The molecule has 0 amide bonds. The van der Waals surface area contributed by atoms with Gasteiger partial charge in [-0.1, -0.05) is 164 Å². The van der Waals surface area contributed by atoms with E-state index in [4.69, 9.17) is 36.9 Å². The number of nitrogens with zero attached hydrogens (tertiary/aromatic N) is 8. The minimum atomic E-state index is 0.417. The van der Waals surface area contributed by atoms with Gasteiger partial charge in [0.1, 0.15) is 22.3 Å². The number of furan rings is 2. The second-order valence-corrected chi connectivity index (χ2v) is 21.9. The van der Waals surface area contributed by atoms with Crippen LogP contribution in [0, 0.1) is 24.5 Å². The predicted molar refractivity (Wildman–Crippen MR) is 353 cm³/mol. The summed E-state index contributed by atoms with van der Waals surface area (Å²) in [7, 11) is 0. The van der Waals surface area contributed by atoms with Crippen molar-refractivity contribution in [3.63, 3.8) is 0 Å². The summed E-state index contributed by atoms with van der Waals surface area (Å²) in [4.78, 5) is 24.4. The molecule has 17 aromatic rings. The van der Waals surface area contributed by atoms with Crippen LogP contribution in [0.25, 0.3) is 176 Å². The Morgan fingerprint density at radius 3 is 1.38 bits per heavy atom. The zero-order valence-corrected chi connectivity index (χ0v) is 46.6. The lowest BCUT2D eigenvalue weighted by molar-refractivity contribution is 0.672. The molecule has 17 rings (SSSR count). The van der Waals surface area contributed by atoms with Crippen LogP contribution >= 0.6 is 0 Å². The highest BCUT2D eigenvalue weighted by molar-refractivity contribution is 6.25. The molecule has 0 unspecified atom stereocenters. The maximum absolute atomic E-state index is 9.86. The fourth-order valence-corrected chi connectivity index (χ4v) is 13.0. The van der Waals surface area contributed by atoms with Gasteiger partial charge in [-0.2, -0.15) is 5.26 Å². The molecule has 10 nitrogen and oxygen atoms in total. The summed E-state index contributed by atoms with van der Waals surface area (Å²) >= 11 is 0. The molecule has 0 radical (unpaired) electrons. The minimum Gasteiger partial charge on any atom is -0.455 e. The van der Waals surface area contributed by atoms with Crippen LogP contribution in [0.1, 0.15) is 5.56 Å². The smallest absolute Gasteiger partial charge is 0.194 e. The first-order valence-corrected chi connectivity index (χ1v) is 28.8. The van der Waals surface area contributed by atoms with Crippen LogP contribution in [0.5, 0.6) is 0 Å².